The van der Waals surface area contributed by atoms with Crippen molar-refractivity contribution in [3.05, 3.63) is 77.9 Å². The van der Waals surface area contributed by atoms with Crippen LogP contribution in [0, 0.1) is 5.41 Å². The summed E-state index contributed by atoms with van der Waals surface area (Å²) in [4.78, 5) is 29.5. The zero-order valence-electron chi connectivity index (χ0n) is 21.1. The van der Waals surface area contributed by atoms with Gasteiger partial charge in [-0.25, -0.2) is 0 Å². The molecule has 0 aliphatic carbocycles. The fourth-order valence-corrected chi connectivity index (χ4v) is 4.33. The van der Waals surface area contributed by atoms with Crippen molar-refractivity contribution in [2.75, 3.05) is 39.3 Å². The number of hydrogen-bond donors (Lipinski definition) is 3. The number of benzene rings is 2. The summed E-state index contributed by atoms with van der Waals surface area (Å²) in [6, 6.07) is 19.8. The number of hydrogen-bond acceptors (Lipinski definition) is 4. The molecule has 2 aromatic rings. The van der Waals surface area contributed by atoms with Gasteiger partial charge >= 0.3 is 0 Å². The van der Waals surface area contributed by atoms with Gasteiger partial charge in [-0.1, -0.05) is 60.7 Å². The molecule has 0 spiro atoms. The smallest absolute Gasteiger partial charge is 0.246 e. The molecule has 2 amide bonds. The summed E-state index contributed by atoms with van der Waals surface area (Å²) in [6.45, 7) is 4.14. The van der Waals surface area contributed by atoms with E-state index in [1.54, 1.807) is 6.08 Å². The van der Waals surface area contributed by atoms with Gasteiger partial charge in [0.1, 0.15) is 0 Å². The molecule has 192 valence electrons. The van der Waals surface area contributed by atoms with Gasteiger partial charge in [-0.3, -0.25) is 15.0 Å². The fraction of sp³-hybridized carbons (Fsp3) is 0.414. The zero-order valence-corrected chi connectivity index (χ0v) is 21.1. The number of carbonyl (C=O) groups is 2. The quantitative estimate of drug-likeness (QED) is 0.346. The minimum absolute atomic E-state index is 0.00337. The lowest BCUT2D eigenvalue weighted by Gasteiger charge is -2.23. The van der Waals surface area contributed by atoms with Crippen LogP contribution in [0.25, 0.3) is 6.08 Å². The van der Waals surface area contributed by atoms with Crippen molar-refractivity contribution in [2.45, 2.75) is 38.1 Å². The lowest BCUT2D eigenvalue weighted by atomic mass is 10.0. The molecule has 0 bridgehead atoms. The predicted molar refractivity (Wildman–Crippen MR) is 146 cm³/mol. The highest BCUT2D eigenvalue weighted by atomic mass is 16.2. The van der Waals surface area contributed by atoms with E-state index in [0.29, 0.717) is 32.5 Å². The number of rotatable bonds is 4. The summed E-state index contributed by atoms with van der Waals surface area (Å²) in [5, 5.41) is 14.3. The maximum atomic E-state index is 12.9. The van der Waals surface area contributed by atoms with Gasteiger partial charge in [-0.05, 0) is 49.4 Å². The molecule has 0 aromatic heterocycles. The van der Waals surface area contributed by atoms with Crippen LogP contribution in [-0.2, 0) is 9.59 Å². The number of nitrogens with one attached hydrogen (secondary N) is 3. The van der Waals surface area contributed by atoms with Gasteiger partial charge in [-0.2, -0.15) is 0 Å². The van der Waals surface area contributed by atoms with Crippen molar-refractivity contribution < 1.29 is 9.59 Å². The van der Waals surface area contributed by atoms with E-state index in [9.17, 15) is 9.59 Å². The molecule has 7 nitrogen and oxygen atoms in total. The molecule has 2 aromatic carbocycles. The van der Waals surface area contributed by atoms with Crippen molar-refractivity contribution in [1.29, 1.82) is 5.41 Å². The van der Waals surface area contributed by atoms with Crippen molar-refractivity contribution in [1.82, 2.24) is 20.4 Å². The van der Waals surface area contributed by atoms with Crippen LogP contribution in [0.2, 0.25) is 0 Å². The fourth-order valence-electron chi connectivity index (χ4n) is 4.33. The summed E-state index contributed by atoms with van der Waals surface area (Å²) in [5.41, 5.74) is 2.09. The Morgan fingerprint density at radius 3 is 2.25 bits per heavy atom. The van der Waals surface area contributed by atoms with Gasteiger partial charge in [0.2, 0.25) is 11.8 Å². The van der Waals surface area contributed by atoms with Crippen molar-refractivity contribution in [2.24, 2.45) is 0 Å². The third-order valence-electron chi connectivity index (χ3n) is 6.37. The van der Waals surface area contributed by atoms with E-state index in [4.69, 9.17) is 5.41 Å². The minimum atomic E-state index is -0.0588. The third kappa shape index (κ3) is 9.66. The molecule has 7 heteroatoms. The Labute approximate surface area is 215 Å². The highest BCUT2D eigenvalue weighted by Gasteiger charge is 2.16. The first-order chi connectivity index (χ1) is 17.7. The Kier molecular flexibility index (Phi) is 11.7. The number of nitrogens with zero attached hydrogens (tertiary/aromatic N) is 2. The van der Waals surface area contributed by atoms with Crippen molar-refractivity contribution in [3.8, 4) is 0 Å². The highest BCUT2D eigenvalue weighted by molar-refractivity contribution is 5.91. The van der Waals surface area contributed by atoms with Crippen LogP contribution < -0.4 is 10.6 Å². The van der Waals surface area contributed by atoms with E-state index >= 15 is 0 Å². The second-order valence-corrected chi connectivity index (χ2v) is 9.12. The lowest BCUT2D eigenvalue weighted by molar-refractivity contribution is -0.126. The molecule has 3 N–H and O–H groups in total. The third-order valence-corrected chi connectivity index (χ3v) is 6.37. The molecule has 0 saturated carbocycles. The second kappa shape index (κ2) is 15.5. The van der Waals surface area contributed by atoms with Crippen molar-refractivity contribution in [3.63, 3.8) is 0 Å². The van der Waals surface area contributed by atoms with E-state index in [-0.39, 0.29) is 17.9 Å². The number of amides is 2. The average Bonchev–Trinajstić information content (AvgIpc) is 2.92. The van der Waals surface area contributed by atoms with E-state index in [1.807, 2.05) is 76.5 Å². The zero-order chi connectivity index (χ0) is 25.4. The first-order valence-corrected chi connectivity index (χ1v) is 13.0. The molecule has 1 aliphatic heterocycles. The summed E-state index contributed by atoms with van der Waals surface area (Å²) in [7, 11) is 0. The van der Waals surface area contributed by atoms with Crippen molar-refractivity contribution >= 4 is 24.2 Å². The van der Waals surface area contributed by atoms with E-state index in [1.165, 1.54) is 6.34 Å². The van der Waals surface area contributed by atoms with Crippen LogP contribution in [0.4, 0.5) is 0 Å². The van der Waals surface area contributed by atoms with Crippen LogP contribution in [0.1, 0.15) is 49.3 Å². The Hall–Kier alpha value is -3.45. The first kappa shape index (κ1) is 27.1. The molecule has 1 heterocycles. The first-order valence-electron chi connectivity index (χ1n) is 13.0. The molecule has 0 radical (unpaired) electrons. The topological polar surface area (TPSA) is 88.5 Å². The van der Waals surface area contributed by atoms with Gasteiger partial charge in [0.25, 0.3) is 0 Å². The summed E-state index contributed by atoms with van der Waals surface area (Å²) >= 11 is 0. The largest absolute Gasteiger partial charge is 0.363 e. The minimum Gasteiger partial charge on any atom is -0.363 e. The van der Waals surface area contributed by atoms with E-state index in [2.05, 4.69) is 10.6 Å². The maximum Gasteiger partial charge on any atom is 0.246 e. The van der Waals surface area contributed by atoms with Crippen LogP contribution in [0.15, 0.2) is 66.7 Å². The molecule has 3 rings (SSSR count). The van der Waals surface area contributed by atoms with Gasteiger partial charge in [0.05, 0.1) is 6.34 Å². The molecule has 0 unspecified atom stereocenters. The molecule has 1 saturated heterocycles. The molecule has 1 fully saturated rings. The predicted octanol–water partition coefficient (Wildman–Crippen LogP) is 3.85. The standard InChI is InChI=1S/C29H39N5O2/c30-24-33-19-7-8-21-34(29(36)16-15-25-11-3-1-4-12-25)22-10-18-32-28(35)23-27(31-17-9-20-33)26-13-5-2-6-14-26/h1-6,11-16,24,27,30-31H,7-10,17-23H2,(H,32,35)/b16-15+,30-24?/t27-/m0/s1. The summed E-state index contributed by atoms with van der Waals surface area (Å²) in [6.07, 6.45) is 8.62. The van der Waals surface area contributed by atoms with Crippen LogP contribution in [0.5, 0.6) is 0 Å². The Morgan fingerprint density at radius 2 is 1.50 bits per heavy atom. The average molecular weight is 490 g/mol. The van der Waals surface area contributed by atoms with E-state index in [0.717, 1.165) is 50.0 Å². The summed E-state index contributed by atoms with van der Waals surface area (Å²) in [5.74, 6) is -0.0102. The monoisotopic (exact) mass is 489 g/mol. The van der Waals surface area contributed by atoms with Gasteiger partial charge in [0, 0.05) is 51.3 Å². The maximum absolute atomic E-state index is 12.9. The van der Waals surface area contributed by atoms with Gasteiger partial charge in [-0.15, -0.1) is 0 Å². The Morgan fingerprint density at radius 1 is 0.861 bits per heavy atom. The molecule has 36 heavy (non-hydrogen) atoms. The lowest BCUT2D eigenvalue weighted by Crippen LogP contribution is -2.35. The highest BCUT2D eigenvalue weighted by Crippen LogP contribution is 2.16. The normalized spacial score (nSPS) is 19.4. The molecule has 1 aliphatic rings. The Bertz CT molecular complexity index is 964. The Balaban J connectivity index is 1.63. The summed E-state index contributed by atoms with van der Waals surface area (Å²) < 4.78 is 0. The van der Waals surface area contributed by atoms with Crippen LogP contribution >= 0.6 is 0 Å². The molecule has 1 atom stereocenters. The van der Waals surface area contributed by atoms with Gasteiger partial charge in [0.15, 0.2) is 0 Å². The van der Waals surface area contributed by atoms with Crippen LogP contribution in [0.3, 0.4) is 0 Å². The van der Waals surface area contributed by atoms with E-state index < -0.39 is 0 Å². The van der Waals surface area contributed by atoms with Gasteiger partial charge < -0.3 is 20.4 Å². The number of carbonyl (C=O) groups excluding carboxylic acids is 2. The molecular formula is C29H39N5O2. The SMILES string of the molecule is N=CN1CCCCN(C(=O)/C=C/c2ccccc2)CCCNC(=O)C[C@@H](c2ccccc2)NCCC1. The second-order valence-electron chi connectivity index (χ2n) is 9.12. The molecular weight excluding hydrogens is 450 g/mol. The van der Waals surface area contributed by atoms with Crippen LogP contribution in [-0.4, -0.2) is 67.2 Å².